The van der Waals surface area contributed by atoms with Gasteiger partial charge < -0.3 is 19.4 Å². The van der Waals surface area contributed by atoms with Crippen LogP contribution in [0.3, 0.4) is 0 Å². The van der Waals surface area contributed by atoms with E-state index in [1.54, 1.807) is 36.7 Å². The van der Waals surface area contributed by atoms with E-state index in [2.05, 4.69) is 10.3 Å². The molecule has 0 spiro atoms. The smallest absolute Gasteiger partial charge is 0.255 e. The van der Waals surface area contributed by atoms with E-state index >= 15 is 0 Å². The normalized spacial score (nSPS) is 12.6. The Balaban J connectivity index is 1.60. The van der Waals surface area contributed by atoms with Crippen LogP contribution in [0.15, 0.2) is 42.7 Å². The second-order valence-electron chi connectivity index (χ2n) is 5.08. The highest BCUT2D eigenvalue weighted by molar-refractivity contribution is 6.06. The van der Waals surface area contributed by atoms with Crippen LogP contribution in [0.5, 0.6) is 11.5 Å². The number of fused-ring (bicyclic) bond motifs is 2. The van der Waals surface area contributed by atoms with Crippen LogP contribution in [-0.2, 0) is 7.05 Å². The number of hydrogen-bond acceptors (Lipinski definition) is 4. The van der Waals surface area contributed by atoms with Crippen LogP contribution in [0, 0.1) is 0 Å². The summed E-state index contributed by atoms with van der Waals surface area (Å²) in [6.07, 6.45) is 1.73. The monoisotopic (exact) mass is 295 g/mol. The lowest BCUT2D eigenvalue weighted by Gasteiger charge is -2.06. The zero-order valence-corrected chi connectivity index (χ0v) is 11.9. The van der Waals surface area contributed by atoms with Crippen molar-refractivity contribution in [1.29, 1.82) is 0 Å². The van der Waals surface area contributed by atoms with Gasteiger partial charge in [0, 0.05) is 24.4 Å². The molecule has 0 saturated carbocycles. The standard InChI is InChI=1S/C16H13N3O3/c1-19-8-17-12-6-10(2-4-13(12)19)16(20)18-11-3-5-14-15(7-11)22-9-21-14/h2-8H,9H2,1H3,(H,18,20). The highest BCUT2D eigenvalue weighted by atomic mass is 16.7. The summed E-state index contributed by atoms with van der Waals surface area (Å²) in [5, 5.41) is 2.85. The summed E-state index contributed by atoms with van der Waals surface area (Å²) in [6.45, 7) is 0.211. The molecule has 1 aliphatic heterocycles. The van der Waals surface area contributed by atoms with Crippen molar-refractivity contribution in [2.24, 2.45) is 7.05 Å². The molecule has 0 atom stereocenters. The van der Waals surface area contributed by atoms with Crippen LogP contribution in [0.2, 0.25) is 0 Å². The number of carbonyl (C=O) groups is 1. The summed E-state index contributed by atoms with van der Waals surface area (Å²) in [6, 6.07) is 10.8. The van der Waals surface area contributed by atoms with Gasteiger partial charge in [0.2, 0.25) is 6.79 Å². The Bertz CT molecular complexity index is 885. The Morgan fingerprint density at radius 3 is 2.95 bits per heavy atom. The lowest BCUT2D eigenvalue weighted by molar-refractivity contribution is 0.102. The lowest BCUT2D eigenvalue weighted by atomic mass is 10.1. The van der Waals surface area contributed by atoms with Crippen molar-refractivity contribution in [2.75, 3.05) is 12.1 Å². The van der Waals surface area contributed by atoms with E-state index < -0.39 is 0 Å². The SMILES string of the molecule is Cn1cnc2cc(C(=O)Nc3ccc4c(c3)OCO4)ccc21. The fourth-order valence-corrected chi connectivity index (χ4v) is 2.45. The molecular formula is C16H13N3O3. The first kappa shape index (κ1) is 12.7. The van der Waals surface area contributed by atoms with Crippen LogP contribution in [0.25, 0.3) is 11.0 Å². The van der Waals surface area contributed by atoms with E-state index in [9.17, 15) is 4.79 Å². The van der Waals surface area contributed by atoms with E-state index in [1.807, 2.05) is 17.7 Å². The zero-order chi connectivity index (χ0) is 15.1. The second kappa shape index (κ2) is 4.77. The van der Waals surface area contributed by atoms with Crippen molar-refractivity contribution in [2.45, 2.75) is 0 Å². The second-order valence-corrected chi connectivity index (χ2v) is 5.08. The first-order valence-electron chi connectivity index (χ1n) is 6.83. The molecule has 0 saturated heterocycles. The van der Waals surface area contributed by atoms with Gasteiger partial charge in [-0.05, 0) is 30.3 Å². The highest BCUT2D eigenvalue weighted by Crippen LogP contribution is 2.34. The Morgan fingerprint density at radius 2 is 2.05 bits per heavy atom. The van der Waals surface area contributed by atoms with Crippen molar-refractivity contribution < 1.29 is 14.3 Å². The van der Waals surface area contributed by atoms with Crippen molar-refractivity contribution in [3.63, 3.8) is 0 Å². The van der Waals surface area contributed by atoms with E-state index in [1.165, 1.54) is 0 Å². The molecule has 1 aromatic heterocycles. The van der Waals surface area contributed by atoms with Gasteiger partial charge in [-0.25, -0.2) is 4.98 Å². The molecule has 1 aliphatic rings. The van der Waals surface area contributed by atoms with Gasteiger partial charge in [-0.3, -0.25) is 4.79 Å². The van der Waals surface area contributed by atoms with Crippen LogP contribution in [-0.4, -0.2) is 22.3 Å². The van der Waals surface area contributed by atoms with Crippen molar-refractivity contribution in [1.82, 2.24) is 9.55 Å². The number of nitrogens with one attached hydrogen (secondary N) is 1. The summed E-state index contributed by atoms with van der Waals surface area (Å²) in [4.78, 5) is 16.6. The fourth-order valence-electron chi connectivity index (χ4n) is 2.45. The number of nitrogens with zero attached hydrogens (tertiary/aromatic N) is 2. The third-order valence-corrected chi connectivity index (χ3v) is 3.62. The summed E-state index contributed by atoms with van der Waals surface area (Å²) >= 11 is 0. The number of anilines is 1. The topological polar surface area (TPSA) is 65.4 Å². The number of aryl methyl sites for hydroxylation is 1. The number of aromatic nitrogens is 2. The van der Waals surface area contributed by atoms with E-state index in [0.29, 0.717) is 22.7 Å². The Kier molecular flexibility index (Phi) is 2.75. The van der Waals surface area contributed by atoms with E-state index in [4.69, 9.17) is 9.47 Å². The molecule has 6 heteroatoms. The largest absolute Gasteiger partial charge is 0.454 e. The summed E-state index contributed by atoms with van der Waals surface area (Å²) in [5.74, 6) is 1.14. The van der Waals surface area contributed by atoms with Crippen molar-refractivity contribution in [3.8, 4) is 11.5 Å². The molecule has 1 N–H and O–H groups in total. The average Bonchev–Trinajstić information content (AvgIpc) is 3.13. The van der Waals surface area contributed by atoms with Gasteiger partial charge in [0.05, 0.1) is 17.4 Å². The quantitative estimate of drug-likeness (QED) is 0.789. The Morgan fingerprint density at radius 1 is 1.18 bits per heavy atom. The molecule has 0 bridgehead atoms. The summed E-state index contributed by atoms with van der Waals surface area (Å²) in [7, 11) is 1.92. The van der Waals surface area contributed by atoms with Crippen molar-refractivity contribution in [3.05, 3.63) is 48.3 Å². The number of imidazole rings is 1. The van der Waals surface area contributed by atoms with Gasteiger partial charge in [-0.2, -0.15) is 0 Å². The number of hydrogen-bond donors (Lipinski definition) is 1. The lowest BCUT2D eigenvalue weighted by Crippen LogP contribution is -2.11. The highest BCUT2D eigenvalue weighted by Gasteiger charge is 2.15. The molecule has 0 fully saturated rings. The minimum absolute atomic E-state index is 0.189. The maximum atomic E-state index is 12.3. The van der Waals surface area contributed by atoms with Gasteiger partial charge in [0.1, 0.15) is 0 Å². The molecule has 3 aromatic rings. The molecule has 4 rings (SSSR count). The average molecular weight is 295 g/mol. The third kappa shape index (κ3) is 2.05. The first-order valence-corrected chi connectivity index (χ1v) is 6.83. The molecule has 2 aromatic carbocycles. The predicted molar refractivity (Wildman–Crippen MR) is 81.2 cm³/mol. The predicted octanol–water partition coefficient (Wildman–Crippen LogP) is 2.55. The van der Waals surface area contributed by atoms with Crippen LogP contribution in [0.4, 0.5) is 5.69 Å². The fraction of sp³-hybridized carbons (Fsp3) is 0.125. The minimum Gasteiger partial charge on any atom is -0.454 e. The molecule has 2 heterocycles. The van der Waals surface area contributed by atoms with Gasteiger partial charge in [-0.15, -0.1) is 0 Å². The third-order valence-electron chi connectivity index (χ3n) is 3.62. The molecule has 110 valence electrons. The maximum absolute atomic E-state index is 12.3. The number of ether oxygens (including phenoxy) is 2. The molecule has 0 radical (unpaired) electrons. The van der Waals surface area contributed by atoms with Crippen LogP contribution < -0.4 is 14.8 Å². The molecule has 0 aliphatic carbocycles. The molecule has 1 amide bonds. The maximum Gasteiger partial charge on any atom is 0.255 e. The van der Waals surface area contributed by atoms with E-state index in [-0.39, 0.29) is 12.7 Å². The molecule has 0 unspecified atom stereocenters. The van der Waals surface area contributed by atoms with Crippen molar-refractivity contribution >= 4 is 22.6 Å². The Labute approximate surface area is 126 Å². The van der Waals surface area contributed by atoms with Crippen LogP contribution in [0.1, 0.15) is 10.4 Å². The van der Waals surface area contributed by atoms with Gasteiger partial charge in [0.25, 0.3) is 5.91 Å². The van der Waals surface area contributed by atoms with Gasteiger partial charge in [0.15, 0.2) is 11.5 Å². The summed E-state index contributed by atoms with van der Waals surface area (Å²) in [5.41, 5.74) is 3.00. The minimum atomic E-state index is -0.189. The molecule has 6 nitrogen and oxygen atoms in total. The summed E-state index contributed by atoms with van der Waals surface area (Å²) < 4.78 is 12.5. The number of amides is 1. The Hall–Kier alpha value is -3.02. The van der Waals surface area contributed by atoms with Gasteiger partial charge in [-0.1, -0.05) is 0 Å². The zero-order valence-electron chi connectivity index (χ0n) is 11.9. The number of rotatable bonds is 2. The molecule has 22 heavy (non-hydrogen) atoms. The van der Waals surface area contributed by atoms with Crippen LogP contribution >= 0.6 is 0 Å². The van der Waals surface area contributed by atoms with Gasteiger partial charge >= 0.3 is 0 Å². The number of benzene rings is 2. The van der Waals surface area contributed by atoms with E-state index in [0.717, 1.165) is 11.0 Å². The molecular weight excluding hydrogens is 282 g/mol. The first-order chi connectivity index (χ1) is 10.7. The number of carbonyl (C=O) groups excluding carboxylic acids is 1.